The summed E-state index contributed by atoms with van der Waals surface area (Å²) in [4.78, 5) is 11.8. The molecule has 66 valence electrons. The Morgan fingerprint density at radius 2 is 2.25 bits per heavy atom. The normalized spacial score (nSPS) is 9.50. The van der Waals surface area contributed by atoms with E-state index in [1.165, 1.54) is 18.4 Å². The Labute approximate surface area is 74.9 Å². The van der Waals surface area contributed by atoms with Gasteiger partial charge < -0.3 is 9.47 Å². The van der Waals surface area contributed by atoms with E-state index in [-0.39, 0.29) is 5.97 Å². The molecule has 4 heteroatoms. The van der Waals surface area contributed by atoms with Crippen LogP contribution in [-0.2, 0) is 16.0 Å². The van der Waals surface area contributed by atoms with E-state index in [2.05, 4.69) is 4.74 Å². The van der Waals surface area contributed by atoms with Gasteiger partial charge in [0.1, 0.15) is 0 Å². The van der Waals surface area contributed by atoms with Crippen molar-refractivity contribution in [2.24, 2.45) is 0 Å². The van der Waals surface area contributed by atoms with Crippen LogP contribution in [0.1, 0.15) is 4.88 Å². The Morgan fingerprint density at radius 3 is 2.75 bits per heavy atom. The van der Waals surface area contributed by atoms with Crippen molar-refractivity contribution in [1.29, 1.82) is 0 Å². The number of methoxy groups -OCH3 is 2. The second kappa shape index (κ2) is 4.11. The van der Waals surface area contributed by atoms with Crippen LogP contribution in [0.15, 0.2) is 12.1 Å². The zero-order valence-electron chi connectivity index (χ0n) is 6.99. The van der Waals surface area contributed by atoms with E-state index in [1.54, 1.807) is 7.11 Å². The summed E-state index contributed by atoms with van der Waals surface area (Å²) < 4.78 is 9.50. The number of thiophene rings is 1. The molecule has 0 atom stereocenters. The highest BCUT2D eigenvalue weighted by Gasteiger charge is 2.05. The molecule has 0 aliphatic rings. The van der Waals surface area contributed by atoms with Crippen molar-refractivity contribution in [3.63, 3.8) is 0 Å². The van der Waals surface area contributed by atoms with Gasteiger partial charge in [0.25, 0.3) is 0 Å². The zero-order valence-corrected chi connectivity index (χ0v) is 7.81. The quantitative estimate of drug-likeness (QED) is 0.670. The lowest BCUT2D eigenvalue weighted by Crippen LogP contribution is -2.02. The number of rotatable bonds is 3. The Balaban J connectivity index is 2.58. The van der Waals surface area contributed by atoms with E-state index in [0.29, 0.717) is 6.42 Å². The Kier molecular flexibility index (Phi) is 3.10. The van der Waals surface area contributed by atoms with Gasteiger partial charge in [-0.1, -0.05) is 0 Å². The first kappa shape index (κ1) is 9.06. The van der Waals surface area contributed by atoms with Crippen molar-refractivity contribution in [2.45, 2.75) is 6.42 Å². The van der Waals surface area contributed by atoms with E-state index in [9.17, 15) is 4.79 Å². The second-order valence-corrected chi connectivity index (χ2v) is 3.31. The fraction of sp³-hybridized carbons (Fsp3) is 0.375. The monoisotopic (exact) mass is 186 g/mol. The number of hydrogen-bond acceptors (Lipinski definition) is 4. The largest absolute Gasteiger partial charge is 0.487 e. The molecule has 0 amide bonds. The molecular weight excluding hydrogens is 176 g/mol. The third kappa shape index (κ3) is 2.23. The molecule has 1 aromatic heterocycles. The van der Waals surface area contributed by atoms with Crippen molar-refractivity contribution in [3.05, 3.63) is 17.0 Å². The zero-order chi connectivity index (χ0) is 8.97. The molecule has 0 saturated heterocycles. The second-order valence-electron chi connectivity index (χ2n) is 2.18. The lowest BCUT2D eigenvalue weighted by atomic mass is 10.3. The summed E-state index contributed by atoms with van der Waals surface area (Å²) in [5.74, 6) is -0.223. The molecule has 0 bridgehead atoms. The minimum absolute atomic E-state index is 0.223. The number of carbonyl (C=O) groups excluding carboxylic acids is 1. The molecule has 1 heterocycles. The van der Waals surface area contributed by atoms with Crippen molar-refractivity contribution >= 4 is 17.3 Å². The molecule has 3 nitrogen and oxygen atoms in total. The third-order valence-electron chi connectivity index (χ3n) is 1.38. The molecule has 0 fully saturated rings. The summed E-state index contributed by atoms with van der Waals surface area (Å²) in [6, 6.07) is 3.70. The molecule has 0 spiro atoms. The van der Waals surface area contributed by atoms with Crippen LogP contribution in [0.25, 0.3) is 0 Å². The molecule has 0 unspecified atom stereocenters. The first-order valence-electron chi connectivity index (χ1n) is 3.45. The predicted octanol–water partition coefficient (Wildman–Crippen LogP) is 1.47. The van der Waals surface area contributed by atoms with Crippen LogP contribution in [0, 0.1) is 0 Å². The van der Waals surface area contributed by atoms with Crippen molar-refractivity contribution in [2.75, 3.05) is 14.2 Å². The topological polar surface area (TPSA) is 35.5 Å². The minimum atomic E-state index is -0.223. The maximum absolute atomic E-state index is 10.8. The highest BCUT2D eigenvalue weighted by molar-refractivity contribution is 7.13. The van der Waals surface area contributed by atoms with Crippen LogP contribution < -0.4 is 4.74 Å². The van der Waals surface area contributed by atoms with E-state index < -0.39 is 0 Å². The van der Waals surface area contributed by atoms with E-state index >= 15 is 0 Å². The summed E-state index contributed by atoms with van der Waals surface area (Å²) in [5.41, 5.74) is 0. The summed E-state index contributed by atoms with van der Waals surface area (Å²) in [6.07, 6.45) is 0.324. The fourth-order valence-electron chi connectivity index (χ4n) is 0.777. The van der Waals surface area contributed by atoms with Gasteiger partial charge in [-0.15, -0.1) is 11.3 Å². The Bertz CT molecular complexity index is 267. The van der Waals surface area contributed by atoms with Crippen LogP contribution in [0.3, 0.4) is 0 Å². The third-order valence-corrected chi connectivity index (χ3v) is 2.43. The van der Waals surface area contributed by atoms with Gasteiger partial charge in [-0.2, -0.15) is 0 Å². The maximum Gasteiger partial charge on any atom is 0.310 e. The Hall–Kier alpha value is -1.03. The highest BCUT2D eigenvalue weighted by atomic mass is 32.1. The first-order valence-corrected chi connectivity index (χ1v) is 4.27. The first-order chi connectivity index (χ1) is 5.76. The van der Waals surface area contributed by atoms with Crippen LogP contribution in [0.2, 0.25) is 0 Å². The van der Waals surface area contributed by atoms with Crippen molar-refractivity contribution < 1.29 is 14.3 Å². The summed E-state index contributed by atoms with van der Waals surface area (Å²) in [6.45, 7) is 0. The van der Waals surface area contributed by atoms with Crippen LogP contribution in [0.5, 0.6) is 5.06 Å². The minimum Gasteiger partial charge on any atom is -0.487 e. The van der Waals surface area contributed by atoms with Gasteiger partial charge in [0, 0.05) is 4.88 Å². The average Bonchev–Trinajstić information content (AvgIpc) is 2.52. The number of ether oxygens (including phenoxy) is 2. The van der Waals surface area contributed by atoms with Crippen molar-refractivity contribution in [3.8, 4) is 5.06 Å². The average molecular weight is 186 g/mol. The van der Waals surface area contributed by atoms with Gasteiger partial charge in [-0.3, -0.25) is 4.79 Å². The molecule has 1 aromatic rings. The van der Waals surface area contributed by atoms with Gasteiger partial charge >= 0.3 is 5.97 Å². The summed E-state index contributed by atoms with van der Waals surface area (Å²) in [5, 5.41) is 0.814. The highest BCUT2D eigenvalue weighted by Crippen LogP contribution is 2.24. The summed E-state index contributed by atoms with van der Waals surface area (Å²) >= 11 is 1.45. The van der Waals surface area contributed by atoms with Gasteiger partial charge in [0.05, 0.1) is 20.6 Å². The SMILES string of the molecule is COC(=O)Cc1ccc(OC)s1. The molecule has 0 aliphatic heterocycles. The number of esters is 1. The molecular formula is C8H10O3S. The smallest absolute Gasteiger partial charge is 0.310 e. The molecule has 0 saturated carbocycles. The molecule has 12 heavy (non-hydrogen) atoms. The van der Waals surface area contributed by atoms with Crippen LogP contribution >= 0.6 is 11.3 Å². The molecule has 0 N–H and O–H groups in total. The molecule has 1 rings (SSSR count). The van der Waals surface area contributed by atoms with Gasteiger partial charge in [0.2, 0.25) is 0 Å². The van der Waals surface area contributed by atoms with E-state index in [4.69, 9.17) is 4.74 Å². The van der Waals surface area contributed by atoms with E-state index in [0.717, 1.165) is 9.94 Å². The van der Waals surface area contributed by atoms with E-state index in [1.807, 2.05) is 12.1 Å². The van der Waals surface area contributed by atoms with Crippen LogP contribution in [0.4, 0.5) is 0 Å². The van der Waals surface area contributed by atoms with Gasteiger partial charge in [0.15, 0.2) is 5.06 Å². The lowest BCUT2D eigenvalue weighted by Gasteiger charge is -1.94. The molecule has 0 aromatic carbocycles. The fourth-order valence-corrected chi connectivity index (χ4v) is 1.58. The van der Waals surface area contributed by atoms with Gasteiger partial charge in [-0.25, -0.2) is 0 Å². The predicted molar refractivity (Wildman–Crippen MR) is 46.6 cm³/mol. The standard InChI is InChI=1S/C8H10O3S/c1-10-7(9)5-6-3-4-8(11-2)12-6/h3-4H,5H2,1-2H3. The Morgan fingerprint density at radius 1 is 1.50 bits per heavy atom. The number of hydrogen-bond donors (Lipinski definition) is 0. The maximum atomic E-state index is 10.8. The molecule has 0 radical (unpaired) electrons. The number of carbonyl (C=O) groups is 1. The lowest BCUT2D eigenvalue weighted by molar-refractivity contribution is -0.139. The summed E-state index contributed by atoms with van der Waals surface area (Å²) in [7, 11) is 2.99. The van der Waals surface area contributed by atoms with Crippen molar-refractivity contribution in [1.82, 2.24) is 0 Å². The molecule has 0 aliphatic carbocycles. The van der Waals surface area contributed by atoms with Gasteiger partial charge in [-0.05, 0) is 12.1 Å². The van der Waals surface area contributed by atoms with Crippen LogP contribution in [-0.4, -0.2) is 20.2 Å².